The molecule has 0 radical (unpaired) electrons. The highest BCUT2D eigenvalue weighted by atomic mass is 79.9. The molecule has 2 nitrogen and oxygen atoms in total. The van der Waals surface area contributed by atoms with Crippen LogP contribution in [0.4, 0.5) is 13.2 Å². The van der Waals surface area contributed by atoms with Gasteiger partial charge in [0.15, 0.2) is 0 Å². The first kappa shape index (κ1) is 11.0. The molecule has 0 spiro atoms. The predicted molar refractivity (Wildman–Crippen MR) is 46.3 cm³/mol. The predicted octanol–water partition coefficient (Wildman–Crippen LogP) is 2.93. The third-order valence-electron chi connectivity index (χ3n) is 1.53. The summed E-state index contributed by atoms with van der Waals surface area (Å²) >= 11 is 2.95. The lowest BCUT2D eigenvalue weighted by atomic mass is 10.1. The second-order valence-electron chi connectivity index (χ2n) is 2.50. The average Bonchev–Trinajstić information content (AvgIpc) is 2.02. The standard InChI is InChI=1S/C8H4BrF3N2/c9-7-3-5(1-2-13)6(4-14-7)8(10,11)12/h3-4H,1H2. The molecule has 1 rings (SSSR count). The van der Waals surface area contributed by atoms with Crippen LogP contribution in [0.1, 0.15) is 11.1 Å². The van der Waals surface area contributed by atoms with Gasteiger partial charge in [0.05, 0.1) is 18.1 Å². The van der Waals surface area contributed by atoms with E-state index in [0.717, 1.165) is 6.20 Å². The van der Waals surface area contributed by atoms with Crippen molar-refractivity contribution in [1.29, 1.82) is 5.26 Å². The van der Waals surface area contributed by atoms with Gasteiger partial charge in [-0.25, -0.2) is 4.98 Å². The monoisotopic (exact) mass is 264 g/mol. The fraction of sp³-hybridized carbons (Fsp3) is 0.250. The maximum absolute atomic E-state index is 12.3. The van der Waals surface area contributed by atoms with Crippen LogP contribution in [0.5, 0.6) is 0 Å². The molecule has 0 saturated carbocycles. The fourth-order valence-electron chi connectivity index (χ4n) is 0.955. The van der Waals surface area contributed by atoms with Crippen LogP contribution >= 0.6 is 15.9 Å². The van der Waals surface area contributed by atoms with E-state index in [9.17, 15) is 13.2 Å². The van der Waals surface area contributed by atoms with Gasteiger partial charge in [0, 0.05) is 6.20 Å². The summed E-state index contributed by atoms with van der Waals surface area (Å²) in [6.07, 6.45) is -4.02. The highest BCUT2D eigenvalue weighted by molar-refractivity contribution is 9.10. The zero-order valence-electron chi connectivity index (χ0n) is 6.77. The van der Waals surface area contributed by atoms with Crippen molar-refractivity contribution in [2.45, 2.75) is 12.6 Å². The lowest BCUT2D eigenvalue weighted by molar-refractivity contribution is -0.138. The third kappa shape index (κ3) is 2.45. The van der Waals surface area contributed by atoms with Crippen molar-refractivity contribution in [2.24, 2.45) is 0 Å². The summed E-state index contributed by atoms with van der Waals surface area (Å²) in [5.74, 6) is 0. The quantitative estimate of drug-likeness (QED) is 0.732. The van der Waals surface area contributed by atoms with E-state index < -0.39 is 11.7 Å². The van der Waals surface area contributed by atoms with Gasteiger partial charge in [-0.15, -0.1) is 0 Å². The maximum Gasteiger partial charge on any atom is 0.418 e. The summed E-state index contributed by atoms with van der Waals surface area (Å²) in [6, 6.07) is 2.88. The van der Waals surface area contributed by atoms with Gasteiger partial charge in [0.25, 0.3) is 0 Å². The Morgan fingerprint density at radius 3 is 2.64 bits per heavy atom. The summed E-state index contributed by atoms with van der Waals surface area (Å²) in [5.41, 5.74) is -0.927. The molecule has 0 amide bonds. The van der Waals surface area contributed by atoms with Crippen molar-refractivity contribution in [3.8, 4) is 6.07 Å². The molecule has 0 unspecified atom stereocenters. The second kappa shape index (κ2) is 3.96. The van der Waals surface area contributed by atoms with Gasteiger partial charge in [-0.2, -0.15) is 18.4 Å². The number of hydrogen-bond donors (Lipinski definition) is 0. The van der Waals surface area contributed by atoms with E-state index in [1.807, 2.05) is 0 Å². The highest BCUT2D eigenvalue weighted by Crippen LogP contribution is 2.32. The van der Waals surface area contributed by atoms with Gasteiger partial charge in [-0.05, 0) is 27.6 Å². The Labute approximate surface area is 86.5 Å². The molecule has 0 fully saturated rings. The van der Waals surface area contributed by atoms with Gasteiger partial charge in [0.2, 0.25) is 0 Å². The number of nitriles is 1. The topological polar surface area (TPSA) is 36.7 Å². The molecule has 1 aromatic rings. The van der Waals surface area contributed by atoms with E-state index in [-0.39, 0.29) is 16.6 Å². The SMILES string of the molecule is N#CCc1cc(Br)ncc1C(F)(F)F. The molecule has 0 aliphatic rings. The molecule has 1 heterocycles. The van der Waals surface area contributed by atoms with Crippen LogP contribution in [-0.4, -0.2) is 4.98 Å². The molecular weight excluding hydrogens is 261 g/mol. The Bertz CT molecular complexity index is 381. The Morgan fingerprint density at radius 1 is 1.50 bits per heavy atom. The average molecular weight is 265 g/mol. The van der Waals surface area contributed by atoms with Crippen molar-refractivity contribution in [3.05, 3.63) is 28.0 Å². The van der Waals surface area contributed by atoms with Crippen molar-refractivity contribution >= 4 is 15.9 Å². The largest absolute Gasteiger partial charge is 0.418 e. The Balaban J connectivity index is 3.23. The molecule has 0 aliphatic heterocycles. The van der Waals surface area contributed by atoms with Crippen LogP contribution in [-0.2, 0) is 12.6 Å². The smallest absolute Gasteiger partial charge is 0.249 e. The number of alkyl halides is 3. The van der Waals surface area contributed by atoms with Gasteiger partial charge >= 0.3 is 6.18 Å². The Morgan fingerprint density at radius 2 is 2.14 bits per heavy atom. The zero-order valence-corrected chi connectivity index (χ0v) is 8.35. The lowest BCUT2D eigenvalue weighted by Gasteiger charge is -2.09. The molecular formula is C8H4BrF3N2. The zero-order chi connectivity index (χ0) is 10.8. The fourth-order valence-corrected chi connectivity index (χ4v) is 1.33. The molecule has 0 N–H and O–H groups in total. The number of aromatic nitrogens is 1. The number of rotatable bonds is 1. The van der Waals surface area contributed by atoms with E-state index in [1.54, 1.807) is 6.07 Å². The van der Waals surface area contributed by atoms with E-state index in [1.165, 1.54) is 6.07 Å². The molecule has 14 heavy (non-hydrogen) atoms. The van der Waals surface area contributed by atoms with Crippen molar-refractivity contribution < 1.29 is 13.2 Å². The molecule has 0 saturated heterocycles. The van der Waals surface area contributed by atoms with Crippen LogP contribution < -0.4 is 0 Å². The molecule has 0 bridgehead atoms. The first-order valence-corrected chi connectivity index (χ1v) is 4.33. The van der Waals surface area contributed by atoms with E-state index in [2.05, 4.69) is 20.9 Å². The molecule has 0 atom stereocenters. The molecule has 0 aromatic carbocycles. The molecule has 0 aliphatic carbocycles. The van der Waals surface area contributed by atoms with Crippen LogP contribution in [0.15, 0.2) is 16.9 Å². The minimum atomic E-state index is -4.46. The van der Waals surface area contributed by atoms with E-state index >= 15 is 0 Å². The molecule has 74 valence electrons. The van der Waals surface area contributed by atoms with Gasteiger partial charge in [0.1, 0.15) is 4.60 Å². The van der Waals surface area contributed by atoms with Crippen LogP contribution in [0.25, 0.3) is 0 Å². The summed E-state index contributed by atoms with van der Waals surface area (Å²) < 4.78 is 37.3. The number of hydrogen-bond acceptors (Lipinski definition) is 2. The third-order valence-corrected chi connectivity index (χ3v) is 1.96. The van der Waals surface area contributed by atoms with Gasteiger partial charge in [-0.1, -0.05) is 0 Å². The van der Waals surface area contributed by atoms with Crippen molar-refractivity contribution in [3.63, 3.8) is 0 Å². The minimum Gasteiger partial charge on any atom is -0.249 e. The van der Waals surface area contributed by atoms with Crippen molar-refractivity contribution in [2.75, 3.05) is 0 Å². The summed E-state index contributed by atoms with van der Waals surface area (Å²) in [7, 11) is 0. The Hall–Kier alpha value is -1.09. The molecule has 6 heteroatoms. The number of nitrogens with zero attached hydrogens (tertiary/aromatic N) is 2. The normalized spacial score (nSPS) is 11.1. The number of halogens is 4. The summed E-state index contributed by atoms with van der Waals surface area (Å²) in [4.78, 5) is 3.48. The highest BCUT2D eigenvalue weighted by Gasteiger charge is 2.33. The van der Waals surface area contributed by atoms with Crippen LogP contribution in [0.2, 0.25) is 0 Å². The maximum atomic E-state index is 12.3. The van der Waals surface area contributed by atoms with E-state index in [0.29, 0.717) is 0 Å². The minimum absolute atomic E-state index is 0.0677. The Kier molecular flexibility index (Phi) is 3.11. The number of pyridine rings is 1. The van der Waals surface area contributed by atoms with Gasteiger partial charge in [-0.3, -0.25) is 0 Å². The lowest BCUT2D eigenvalue weighted by Crippen LogP contribution is -2.09. The van der Waals surface area contributed by atoms with Crippen molar-refractivity contribution in [1.82, 2.24) is 4.98 Å². The summed E-state index contributed by atoms with van der Waals surface area (Å²) in [6.45, 7) is 0. The van der Waals surface area contributed by atoms with Crippen LogP contribution in [0.3, 0.4) is 0 Å². The van der Waals surface area contributed by atoms with E-state index in [4.69, 9.17) is 5.26 Å². The van der Waals surface area contributed by atoms with Crippen LogP contribution in [0, 0.1) is 11.3 Å². The first-order chi connectivity index (χ1) is 6.45. The first-order valence-electron chi connectivity index (χ1n) is 3.53. The molecule has 1 aromatic heterocycles. The second-order valence-corrected chi connectivity index (χ2v) is 3.31. The summed E-state index contributed by atoms with van der Waals surface area (Å²) in [5, 5.41) is 8.35. The van der Waals surface area contributed by atoms with Gasteiger partial charge < -0.3 is 0 Å².